The Morgan fingerprint density at radius 2 is 2.06 bits per heavy atom. The Labute approximate surface area is 101 Å². The van der Waals surface area contributed by atoms with E-state index in [0.29, 0.717) is 5.92 Å². The third kappa shape index (κ3) is 2.50. The van der Waals surface area contributed by atoms with Gasteiger partial charge in [0.05, 0.1) is 4.90 Å². The van der Waals surface area contributed by atoms with E-state index < -0.39 is 15.8 Å². The first kappa shape index (κ1) is 12.5. The molecule has 94 valence electrons. The van der Waals surface area contributed by atoms with Crippen LogP contribution in [0.4, 0.5) is 4.39 Å². The molecule has 0 bridgehead atoms. The zero-order valence-corrected chi connectivity index (χ0v) is 10.7. The summed E-state index contributed by atoms with van der Waals surface area (Å²) in [6.07, 6.45) is 2.15. The quantitative estimate of drug-likeness (QED) is 0.829. The zero-order valence-electron chi connectivity index (χ0n) is 9.93. The highest BCUT2D eigenvalue weighted by Crippen LogP contribution is 2.36. The summed E-state index contributed by atoms with van der Waals surface area (Å²) in [5.74, 6) is -0.0816. The fourth-order valence-electron chi connectivity index (χ4n) is 1.89. The molecule has 1 fully saturated rings. The predicted octanol–water partition coefficient (Wildman–Crippen LogP) is 2.24. The molecular weight excluding hydrogens is 241 g/mol. The van der Waals surface area contributed by atoms with Gasteiger partial charge in [0.25, 0.3) is 0 Å². The minimum absolute atomic E-state index is 0.0208. The fraction of sp³-hybridized carbons (Fsp3) is 0.500. The van der Waals surface area contributed by atoms with Gasteiger partial charge in [0.15, 0.2) is 0 Å². The fourth-order valence-corrected chi connectivity index (χ4v) is 3.34. The molecule has 0 aliphatic heterocycles. The predicted molar refractivity (Wildman–Crippen MR) is 63.5 cm³/mol. The van der Waals surface area contributed by atoms with Crippen molar-refractivity contribution in [3.63, 3.8) is 0 Å². The number of rotatable bonds is 4. The summed E-state index contributed by atoms with van der Waals surface area (Å²) in [6.45, 7) is 1.90. The highest BCUT2D eigenvalue weighted by Gasteiger charge is 2.35. The van der Waals surface area contributed by atoms with Crippen LogP contribution in [0.3, 0.4) is 0 Å². The number of hydrogen-bond donors (Lipinski definition) is 0. The molecule has 17 heavy (non-hydrogen) atoms. The lowest BCUT2D eigenvalue weighted by Gasteiger charge is -2.24. The molecule has 0 aromatic heterocycles. The maximum Gasteiger partial charge on any atom is 0.243 e. The van der Waals surface area contributed by atoms with Crippen LogP contribution in [0.5, 0.6) is 0 Å². The van der Waals surface area contributed by atoms with Crippen LogP contribution in [-0.4, -0.2) is 25.8 Å². The van der Waals surface area contributed by atoms with Crippen molar-refractivity contribution in [1.82, 2.24) is 4.31 Å². The molecule has 1 aromatic carbocycles. The van der Waals surface area contributed by atoms with Crippen LogP contribution in [0.2, 0.25) is 0 Å². The Hall–Kier alpha value is -0.940. The second kappa shape index (κ2) is 4.38. The van der Waals surface area contributed by atoms with Crippen molar-refractivity contribution < 1.29 is 12.8 Å². The maximum atomic E-state index is 13.0. The van der Waals surface area contributed by atoms with E-state index in [-0.39, 0.29) is 10.9 Å². The van der Waals surface area contributed by atoms with Crippen molar-refractivity contribution in [3.05, 3.63) is 30.1 Å². The summed E-state index contributed by atoms with van der Waals surface area (Å²) in [4.78, 5) is 0.0208. The van der Waals surface area contributed by atoms with Crippen molar-refractivity contribution in [1.29, 1.82) is 0 Å². The van der Waals surface area contributed by atoms with Crippen molar-refractivity contribution in [2.24, 2.45) is 5.92 Å². The number of benzene rings is 1. The molecule has 1 aliphatic carbocycles. The van der Waals surface area contributed by atoms with Gasteiger partial charge in [-0.05, 0) is 43.9 Å². The molecule has 0 heterocycles. The lowest BCUT2D eigenvalue weighted by atomic mass is 10.2. The van der Waals surface area contributed by atoms with E-state index in [1.54, 1.807) is 7.05 Å². The first-order chi connectivity index (χ1) is 7.93. The van der Waals surface area contributed by atoms with Gasteiger partial charge in [-0.2, -0.15) is 4.31 Å². The molecule has 1 atom stereocenters. The Morgan fingerprint density at radius 3 is 2.59 bits per heavy atom. The molecule has 0 amide bonds. The van der Waals surface area contributed by atoms with Crippen molar-refractivity contribution in [2.75, 3.05) is 7.05 Å². The van der Waals surface area contributed by atoms with Crippen LogP contribution >= 0.6 is 0 Å². The van der Waals surface area contributed by atoms with Crippen LogP contribution in [0.15, 0.2) is 29.2 Å². The molecule has 2 rings (SSSR count). The van der Waals surface area contributed by atoms with Gasteiger partial charge in [0.2, 0.25) is 10.0 Å². The van der Waals surface area contributed by atoms with Crippen LogP contribution < -0.4 is 0 Å². The van der Waals surface area contributed by atoms with Crippen LogP contribution in [0.25, 0.3) is 0 Å². The average Bonchev–Trinajstić information content (AvgIpc) is 3.11. The van der Waals surface area contributed by atoms with Crippen molar-refractivity contribution in [3.8, 4) is 0 Å². The molecule has 0 N–H and O–H groups in total. The second-order valence-corrected chi connectivity index (χ2v) is 6.55. The Kier molecular flexibility index (Phi) is 3.23. The SMILES string of the molecule is CC(C1CC1)N(C)S(=O)(=O)c1cccc(F)c1. The Morgan fingerprint density at radius 1 is 1.41 bits per heavy atom. The Balaban J connectivity index is 2.29. The first-order valence-corrected chi connectivity index (χ1v) is 7.10. The van der Waals surface area contributed by atoms with Crippen molar-refractivity contribution in [2.45, 2.75) is 30.7 Å². The minimum atomic E-state index is -3.57. The number of hydrogen-bond acceptors (Lipinski definition) is 2. The third-order valence-corrected chi connectivity index (χ3v) is 5.29. The number of nitrogens with zero attached hydrogens (tertiary/aromatic N) is 1. The summed E-state index contributed by atoms with van der Waals surface area (Å²) in [5.41, 5.74) is 0. The van der Waals surface area contributed by atoms with Crippen molar-refractivity contribution >= 4 is 10.0 Å². The highest BCUT2D eigenvalue weighted by atomic mass is 32.2. The zero-order chi connectivity index (χ0) is 12.6. The Bertz CT molecular complexity index is 511. The van der Waals surface area contributed by atoms with E-state index in [1.165, 1.54) is 22.5 Å². The lowest BCUT2D eigenvalue weighted by molar-refractivity contribution is 0.357. The summed E-state index contributed by atoms with van der Waals surface area (Å²) in [6, 6.07) is 5.12. The second-order valence-electron chi connectivity index (χ2n) is 4.56. The molecule has 1 aromatic rings. The number of halogens is 1. The van der Waals surface area contributed by atoms with E-state index >= 15 is 0 Å². The molecule has 1 saturated carbocycles. The summed E-state index contributed by atoms with van der Waals surface area (Å²) < 4.78 is 38.8. The molecular formula is C12H16FNO2S. The largest absolute Gasteiger partial charge is 0.243 e. The van der Waals surface area contributed by atoms with Crippen LogP contribution in [0, 0.1) is 11.7 Å². The van der Waals surface area contributed by atoms with E-state index in [0.717, 1.165) is 18.9 Å². The normalized spacial score (nSPS) is 18.4. The molecule has 1 aliphatic rings. The molecule has 0 saturated heterocycles. The maximum absolute atomic E-state index is 13.0. The van der Waals surface area contributed by atoms with E-state index in [1.807, 2.05) is 6.92 Å². The van der Waals surface area contributed by atoms with Gasteiger partial charge in [-0.15, -0.1) is 0 Å². The summed E-state index contributed by atoms with van der Waals surface area (Å²) in [5, 5.41) is 0. The smallest absolute Gasteiger partial charge is 0.207 e. The number of sulfonamides is 1. The molecule has 0 spiro atoms. The minimum Gasteiger partial charge on any atom is -0.207 e. The standard InChI is InChI=1S/C12H16FNO2S/c1-9(10-6-7-10)14(2)17(15,16)12-5-3-4-11(13)8-12/h3-5,8-10H,6-7H2,1-2H3. The molecule has 3 nitrogen and oxygen atoms in total. The average molecular weight is 257 g/mol. The van der Waals surface area contributed by atoms with Crippen LogP contribution in [0.1, 0.15) is 19.8 Å². The van der Waals surface area contributed by atoms with Gasteiger partial charge in [0, 0.05) is 13.1 Å². The van der Waals surface area contributed by atoms with Gasteiger partial charge in [0.1, 0.15) is 5.82 Å². The molecule has 1 unspecified atom stereocenters. The van der Waals surface area contributed by atoms with E-state index in [2.05, 4.69) is 0 Å². The topological polar surface area (TPSA) is 37.4 Å². The van der Waals surface area contributed by atoms with Gasteiger partial charge >= 0.3 is 0 Å². The van der Waals surface area contributed by atoms with Gasteiger partial charge < -0.3 is 0 Å². The summed E-state index contributed by atoms with van der Waals surface area (Å²) in [7, 11) is -2.01. The van der Waals surface area contributed by atoms with Gasteiger partial charge in [-0.25, -0.2) is 12.8 Å². The highest BCUT2D eigenvalue weighted by molar-refractivity contribution is 7.89. The molecule has 5 heteroatoms. The molecule has 0 radical (unpaired) electrons. The lowest BCUT2D eigenvalue weighted by Crippen LogP contribution is -2.36. The van der Waals surface area contributed by atoms with Crippen LogP contribution in [-0.2, 0) is 10.0 Å². The van der Waals surface area contributed by atoms with E-state index in [4.69, 9.17) is 0 Å². The first-order valence-electron chi connectivity index (χ1n) is 5.66. The summed E-state index contributed by atoms with van der Waals surface area (Å²) >= 11 is 0. The monoisotopic (exact) mass is 257 g/mol. The van der Waals surface area contributed by atoms with Gasteiger partial charge in [-0.1, -0.05) is 6.07 Å². The third-order valence-electron chi connectivity index (χ3n) is 3.35. The van der Waals surface area contributed by atoms with E-state index in [9.17, 15) is 12.8 Å². The van der Waals surface area contributed by atoms with Gasteiger partial charge in [-0.3, -0.25) is 0 Å².